The second-order valence-corrected chi connectivity index (χ2v) is 17.5. The third-order valence-electron chi connectivity index (χ3n) is 12.8. The molecule has 292 valence electrons. The van der Waals surface area contributed by atoms with Crippen molar-refractivity contribution in [2.75, 3.05) is 0 Å². The highest BCUT2D eigenvalue weighted by molar-refractivity contribution is 7.25. The van der Waals surface area contributed by atoms with E-state index < -0.39 is 0 Å². The van der Waals surface area contributed by atoms with Gasteiger partial charge in [0.05, 0.1) is 11.0 Å². The van der Waals surface area contributed by atoms with E-state index in [1.807, 2.05) is 29.5 Å². The second-order valence-electron chi connectivity index (χ2n) is 16.4. The van der Waals surface area contributed by atoms with E-state index in [-0.39, 0.29) is 0 Å². The van der Waals surface area contributed by atoms with E-state index in [9.17, 15) is 0 Å². The number of aromatic nitrogens is 4. The molecule has 4 aromatic heterocycles. The first-order chi connectivity index (χ1) is 31.2. The molecule has 14 aromatic rings. The first-order valence-corrected chi connectivity index (χ1v) is 22.0. The van der Waals surface area contributed by atoms with E-state index in [1.165, 1.54) is 63.5 Å². The van der Waals surface area contributed by atoms with Crippen LogP contribution >= 0.6 is 11.3 Å². The minimum Gasteiger partial charge on any atom is -0.456 e. The number of fused-ring (bicyclic) bond motifs is 14. The van der Waals surface area contributed by atoms with Gasteiger partial charge in [0.1, 0.15) is 11.2 Å². The Bertz CT molecular complexity index is 4220. The zero-order valence-corrected chi connectivity index (χ0v) is 34.4. The van der Waals surface area contributed by atoms with Crippen molar-refractivity contribution in [3.63, 3.8) is 0 Å². The third-order valence-corrected chi connectivity index (χ3v) is 13.9. The van der Waals surface area contributed by atoms with Crippen LogP contribution in [0, 0.1) is 0 Å². The number of hydrogen-bond acceptors (Lipinski definition) is 5. The van der Waals surface area contributed by atoms with Crippen molar-refractivity contribution in [2.45, 2.75) is 0 Å². The topological polar surface area (TPSA) is 56.7 Å². The molecule has 0 saturated carbocycles. The van der Waals surface area contributed by atoms with Gasteiger partial charge in [-0.05, 0) is 87.6 Å². The van der Waals surface area contributed by atoms with E-state index in [0.717, 1.165) is 55.1 Å². The quantitative estimate of drug-likeness (QED) is 0.177. The maximum atomic E-state index is 6.73. The SMILES string of the molecule is c1ccc(-c2nc(-c3ccc4c(ccc5oc6cc(-n7c8cc9ccccc9cc8c8ccc9ccccc9c87)ccc6c54)c3)nc(-c3ccc4sc5ccccc5c4c3)n2)cc1. The van der Waals surface area contributed by atoms with Gasteiger partial charge in [-0.2, -0.15) is 0 Å². The molecule has 0 unspecified atom stereocenters. The molecular weight excluding hydrogens is 789 g/mol. The standard InChI is InChI=1S/C57H32N4OS/c1-2-11-34(12-3-1)55-58-56(60-57(59-55)39-21-27-52-47(30-39)43-16-8-9-17-51(43)63-52)38-19-23-41-37(28-38)20-26-49-53(41)45-25-22-40(32-50(45)62-49)61-48-31-36-14-5-4-13-35(36)29-46(48)44-24-18-33-10-6-7-15-42(33)54(44)61/h1-32H. The van der Waals surface area contributed by atoms with E-state index in [0.29, 0.717) is 17.5 Å². The number of hydrogen-bond donors (Lipinski definition) is 0. The summed E-state index contributed by atoms with van der Waals surface area (Å²) in [6, 6.07) is 69.2. The summed E-state index contributed by atoms with van der Waals surface area (Å²) in [5.41, 5.74) is 7.96. The van der Waals surface area contributed by atoms with Crippen LogP contribution in [0.1, 0.15) is 0 Å². The van der Waals surface area contributed by atoms with Gasteiger partial charge in [0.2, 0.25) is 0 Å². The van der Waals surface area contributed by atoms with Crippen molar-refractivity contribution < 1.29 is 4.42 Å². The molecule has 5 nitrogen and oxygen atoms in total. The molecule has 0 saturated heterocycles. The number of benzene rings is 10. The van der Waals surface area contributed by atoms with Crippen molar-refractivity contribution in [1.29, 1.82) is 0 Å². The van der Waals surface area contributed by atoms with E-state index in [4.69, 9.17) is 19.4 Å². The molecule has 6 heteroatoms. The molecule has 10 aromatic carbocycles. The minimum absolute atomic E-state index is 0.629. The van der Waals surface area contributed by atoms with Crippen molar-refractivity contribution in [1.82, 2.24) is 19.5 Å². The Labute approximate surface area is 363 Å². The van der Waals surface area contributed by atoms with Crippen LogP contribution in [0.25, 0.3) is 136 Å². The fourth-order valence-electron chi connectivity index (χ4n) is 9.82. The van der Waals surface area contributed by atoms with Crippen molar-refractivity contribution in [2.24, 2.45) is 0 Å². The molecule has 63 heavy (non-hydrogen) atoms. The summed E-state index contributed by atoms with van der Waals surface area (Å²) in [6.07, 6.45) is 0. The third kappa shape index (κ3) is 5.25. The van der Waals surface area contributed by atoms with Gasteiger partial charge in [-0.25, -0.2) is 15.0 Å². The smallest absolute Gasteiger partial charge is 0.164 e. The highest BCUT2D eigenvalue weighted by Gasteiger charge is 2.20. The van der Waals surface area contributed by atoms with Crippen molar-refractivity contribution in [3.8, 4) is 39.9 Å². The number of nitrogens with zero attached hydrogens (tertiary/aromatic N) is 4. The highest BCUT2D eigenvalue weighted by Crippen LogP contribution is 2.42. The zero-order chi connectivity index (χ0) is 41.2. The van der Waals surface area contributed by atoms with Gasteiger partial charge < -0.3 is 8.98 Å². The van der Waals surface area contributed by atoms with Crippen LogP contribution in [0.15, 0.2) is 199 Å². The minimum atomic E-state index is 0.629. The van der Waals surface area contributed by atoms with Gasteiger partial charge in [0.15, 0.2) is 17.5 Å². The highest BCUT2D eigenvalue weighted by atomic mass is 32.1. The number of thiophene rings is 1. The Hall–Kier alpha value is -8.19. The molecule has 0 spiro atoms. The Morgan fingerprint density at radius 2 is 1.02 bits per heavy atom. The monoisotopic (exact) mass is 820 g/mol. The lowest BCUT2D eigenvalue weighted by Crippen LogP contribution is -2.00. The Balaban J connectivity index is 0.925. The van der Waals surface area contributed by atoms with Crippen molar-refractivity contribution >= 4 is 108 Å². The largest absolute Gasteiger partial charge is 0.456 e. The maximum absolute atomic E-state index is 6.73. The fourth-order valence-corrected chi connectivity index (χ4v) is 10.9. The van der Waals surface area contributed by atoms with Crippen LogP contribution in [0.3, 0.4) is 0 Å². The first-order valence-electron chi connectivity index (χ1n) is 21.2. The van der Waals surface area contributed by atoms with Gasteiger partial charge in [0.25, 0.3) is 0 Å². The molecule has 0 fully saturated rings. The predicted molar refractivity (Wildman–Crippen MR) is 263 cm³/mol. The summed E-state index contributed by atoms with van der Waals surface area (Å²) >= 11 is 1.81. The van der Waals surface area contributed by atoms with Crippen LogP contribution in [-0.4, -0.2) is 19.5 Å². The average Bonchev–Trinajstić information content (AvgIpc) is 4.02. The Morgan fingerprint density at radius 1 is 0.365 bits per heavy atom. The number of rotatable bonds is 4. The molecule has 0 atom stereocenters. The van der Waals surface area contributed by atoms with Crippen LogP contribution < -0.4 is 0 Å². The Kier molecular flexibility index (Phi) is 7.21. The average molecular weight is 821 g/mol. The fraction of sp³-hybridized carbons (Fsp3) is 0. The van der Waals surface area contributed by atoms with Gasteiger partial charge in [-0.3, -0.25) is 0 Å². The van der Waals surface area contributed by atoms with Gasteiger partial charge in [-0.1, -0.05) is 127 Å². The van der Waals surface area contributed by atoms with Gasteiger partial charge >= 0.3 is 0 Å². The summed E-state index contributed by atoms with van der Waals surface area (Å²) in [7, 11) is 0. The first kappa shape index (κ1) is 34.5. The lowest BCUT2D eigenvalue weighted by atomic mass is 10.0. The summed E-state index contributed by atoms with van der Waals surface area (Å²) in [4.78, 5) is 15.3. The number of furan rings is 1. The molecule has 0 amide bonds. The van der Waals surface area contributed by atoms with Crippen LogP contribution in [-0.2, 0) is 0 Å². The molecular formula is C57H32N4OS. The van der Waals surface area contributed by atoms with Gasteiger partial charge in [-0.15, -0.1) is 11.3 Å². The van der Waals surface area contributed by atoms with Gasteiger partial charge in [0, 0.05) is 75.5 Å². The predicted octanol–water partition coefficient (Wildman–Crippen LogP) is 15.7. The molecule has 14 rings (SSSR count). The normalized spacial score (nSPS) is 12.1. The zero-order valence-electron chi connectivity index (χ0n) is 33.6. The molecule has 0 N–H and O–H groups in total. The van der Waals surface area contributed by atoms with Crippen LogP contribution in [0.4, 0.5) is 0 Å². The lowest BCUT2D eigenvalue weighted by molar-refractivity contribution is 0.669. The summed E-state index contributed by atoms with van der Waals surface area (Å²) in [5.74, 6) is 1.92. The summed E-state index contributed by atoms with van der Waals surface area (Å²) in [5, 5.41) is 14.2. The van der Waals surface area contributed by atoms with Crippen molar-refractivity contribution in [3.05, 3.63) is 194 Å². The van der Waals surface area contributed by atoms with Crippen LogP contribution in [0.2, 0.25) is 0 Å². The van der Waals surface area contributed by atoms with E-state index in [1.54, 1.807) is 0 Å². The second kappa shape index (κ2) is 13.2. The molecule has 0 bridgehead atoms. The lowest BCUT2D eigenvalue weighted by Gasteiger charge is -2.10. The van der Waals surface area contributed by atoms with Crippen LogP contribution in [0.5, 0.6) is 0 Å². The maximum Gasteiger partial charge on any atom is 0.164 e. The summed E-state index contributed by atoms with van der Waals surface area (Å²) in [6.45, 7) is 0. The molecule has 0 aliphatic heterocycles. The van der Waals surface area contributed by atoms with E-state index in [2.05, 4.69) is 180 Å². The Morgan fingerprint density at radius 3 is 1.87 bits per heavy atom. The molecule has 4 heterocycles. The van der Waals surface area contributed by atoms with E-state index >= 15 is 0 Å². The molecule has 0 aliphatic carbocycles. The summed E-state index contributed by atoms with van der Waals surface area (Å²) < 4.78 is 11.7. The molecule has 0 radical (unpaired) electrons. The molecule has 0 aliphatic rings.